The summed E-state index contributed by atoms with van der Waals surface area (Å²) >= 11 is 0. The van der Waals surface area contributed by atoms with Gasteiger partial charge in [-0.05, 0) is 151 Å². The van der Waals surface area contributed by atoms with Crippen molar-refractivity contribution >= 4 is 11.4 Å². The van der Waals surface area contributed by atoms with Crippen LogP contribution in [0.4, 0.5) is 11.4 Å². The lowest BCUT2D eigenvalue weighted by Crippen LogP contribution is -2.30. The Hall–Kier alpha value is -3.32. The van der Waals surface area contributed by atoms with Crippen LogP contribution in [-0.2, 0) is 5.41 Å². The highest BCUT2D eigenvalue weighted by Crippen LogP contribution is 2.55. The van der Waals surface area contributed by atoms with Crippen molar-refractivity contribution in [1.82, 2.24) is 0 Å². The van der Waals surface area contributed by atoms with Crippen LogP contribution in [0.1, 0.15) is 141 Å². The van der Waals surface area contributed by atoms with Crippen molar-refractivity contribution in [2.45, 2.75) is 130 Å². The lowest BCUT2D eigenvalue weighted by molar-refractivity contribution is 0.224. The van der Waals surface area contributed by atoms with Crippen LogP contribution in [0.5, 0.6) is 0 Å². The Labute approximate surface area is 285 Å². The average Bonchev–Trinajstić information content (AvgIpc) is 3.27. The molecule has 0 radical (unpaired) electrons. The van der Waals surface area contributed by atoms with Gasteiger partial charge in [0.2, 0.25) is 0 Å². The summed E-state index contributed by atoms with van der Waals surface area (Å²) in [6.07, 6.45) is 10.3. The Morgan fingerprint density at radius 1 is 0.532 bits per heavy atom. The highest BCUT2D eigenvalue weighted by atomic mass is 15.2. The van der Waals surface area contributed by atoms with E-state index < -0.39 is 0 Å². The highest BCUT2D eigenvalue weighted by Gasteiger charge is 2.39. The van der Waals surface area contributed by atoms with Gasteiger partial charge in [-0.15, -0.1) is 0 Å². The van der Waals surface area contributed by atoms with Crippen LogP contribution in [0.3, 0.4) is 0 Å². The van der Waals surface area contributed by atoms with Crippen molar-refractivity contribution in [2.75, 3.05) is 4.90 Å². The quantitative estimate of drug-likeness (QED) is 0.206. The summed E-state index contributed by atoms with van der Waals surface area (Å²) in [5.74, 6) is 1.18. The molecule has 0 saturated heterocycles. The third kappa shape index (κ3) is 5.98. The Morgan fingerprint density at radius 2 is 1.09 bits per heavy atom. The van der Waals surface area contributed by atoms with Crippen molar-refractivity contribution in [3.8, 4) is 22.3 Å². The van der Waals surface area contributed by atoms with Gasteiger partial charge in [0.15, 0.2) is 0 Å². The number of nitrogens with zero attached hydrogens (tertiary/aromatic N) is 1. The van der Waals surface area contributed by atoms with Crippen LogP contribution in [0.15, 0.2) is 84.9 Å². The zero-order chi connectivity index (χ0) is 33.1. The smallest absolute Gasteiger partial charge is 0.0454 e. The van der Waals surface area contributed by atoms with E-state index in [1.54, 1.807) is 11.1 Å². The number of hydrogen-bond acceptors (Lipinski definition) is 1. The van der Waals surface area contributed by atoms with E-state index in [0.29, 0.717) is 28.7 Å². The van der Waals surface area contributed by atoms with Crippen LogP contribution in [0, 0.1) is 10.8 Å². The lowest BCUT2D eigenvalue weighted by Gasteiger charge is -2.41. The number of rotatable bonds is 6. The van der Waals surface area contributed by atoms with Gasteiger partial charge in [0.1, 0.15) is 0 Å². The molecule has 7 rings (SSSR count). The van der Waals surface area contributed by atoms with Crippen LogP contribution < -0.4 is 4.90 Å². The third-order valence-corrected chi connectivity index (χ3v) is 12.5. The zero-order valence-corrected chi connectivity index (χ0v) is 30.4. The van der Waals surface area contributed by atoms with Gasteiger partial charge in [-0.25, -0.2) is 0 Å². The molecule has 1 nitrogen and oxygen atoms in total. The van der Waals surface area contributed by atoms with Gasteiger partial charge in [0.05, 0.1) is 0 Å². The number of hydrogen-bond donors (Lipinski definition) is 0. The predicted octanol–water partition coefficient (Wildman–Crippen LogP) is 13.6. The first-order chi connectivity index (χ1) is 22.3. The molecular weight excluding hydrogens is 567 g/mol. The standard InChI is InChI=1S/C46H57N/c1-31(2)47(42-28-35(32-14-10-9-11-15-32)18-19-36(42)33-20-24-44(3,4)25-21-33)43-30-41-39(37-16-12-13-17-40(37)46(41,7)8)29-38(43)34-22-26-45(5,6)27-23-34/h9-19,28-31,33-34H,20-27H2,1-8H3. The molecule has 3 aliphatic rings. The van der Waals surface area contributed by atoms with E-state index in [-0.39, 0.29) is 5.41 Å². The molecular formula is C46H57N. The molecule has 0 heterocycles. The van der Waals surface area contributed by atoms with Crippen molar-refractivity contribution < 1.29 is 0 Å². The molecule has 246 valence electrons. The molecule has 0 spiro atoms. The molecule has 47 heavy (non-hydrogen) atoms. The molecule has 1 heteroatoms. The average molecular weight is 624 g/mol. The predicted molar refractivity (Wildman–Crippen MR) is 203 cm³/mol. The van der Waals surface area contributed by atoms with Gasteiger partial charge in [0.25, 0.3) is 0 Å². The van der Waals surface area contributed by atoms with E-state index in [1.165, 1.54) is 96.1 Å². The fourth-order valence-corrected chi connectivity index (χ4v) is 9.30. The minimum Gasteiger partial charge on any atom is -0.338 e. The monoisotopic (exact) mass is 623 g/mol. The summed E-state index contributed by atoms with van der Waals surface area (Å²) in [6.45, 7) is 19.6. The molecule has 0 aromatic heterocycles. The minimum atomic E-state index is -0.0277. The van der Waals surface area contributed by atoms with E-state index in [4.69, 9.17) is 0 Å². The first-order valence-corrected chi connectivity index (χ1v) is 18.6. The van der Waals surface area contributed by atoms with E-state index >= 15 is 0 Å². The SMILES string of the molecule is CC(C)N(c1cc(-c2ccccc2)ccc1C1CCC(C)(C)CC1)c1cc2c(cc1C1CCC(C)(C)CC1)-c1ccccc1C2(C)C. The second-order valence-electron chi connectivity index (χ2n) is 17.6. The topological polar surface area (TPSA) is 3.24 Å². The van der Waals surface area contributed by atoms with E-state index in [0.717, 1.165) is 0 Å². The maximum atomic E-state index is 2.77. The van der Waals surface area contributed by atoms with E-state index in [2.05, 4.69) is 145 Å². The van der Waals surface area contributed by atoms with Crippen LogP contribution >= 0.6 is 0 Å². The number of anilines is 2. The fraction of sp³-hybridized carbons (Fsp3) is 0.478. The van der Waals surface area contributed by atoms with Crippen LogP contribution in [-0.4, -0.2) is 6.04 Å². The maximum Gasteiger partial charge on any atom is 0.0454 e. The van der Waals surface area contributed by atoms with Gasteiger partial charge < -0.3 is 4.90 Å². The summed E-state index contributed by atoms with van der Waals surface area (Å²) in [5, 5.41) is 0. The Kier molecular flexibility index (Phi) is 8.22. The number of benzene rings is 4. The Balaban J connectivity index is 1.44. The second-order valence-corrected chi connectivity index (χ2v) is 17.6. The molecule has 0 unspecified atom stereocenters. The molecule has 0 aliphatic heterocycles. The first kappa shape index (κ1) is 32.2. The second kappa shape index (κ2) is 12.0. The first-order valence-electron chi connectivity index (χ1n) is 18.6. The lowest BCUT2D eigenvalue weighted by atomic mass is 9.70. The summed E-state index contributed by atoms with van der Waals surface area (Å²) in [6, 6.07) is 33.3. The third-order valence-electron chi connectivity index (χ3n) is 12.5. The van der Waals surface area contributed by atoms with Crippen molar-refractivity contribution in [1.29, 1.82) is 0 Å². The molecule has 0 bridgehead atoms. The largest absolute Gasteiger partial charge is 0.338 e. The Morgan fingerprint density at radius 3 is 1.70 bits per heavy atom. The summed E-state index contributed by atoms with van der Waals surface area (Å²) in [7, 11) is 0. The summed E-state index contributed by atoms with van der Waals surface area (Å²) in [5.41, 5.74) is 15.3. The van der Waals surface area contributed by atoms with Gasteiger partial charge >= 0.3 is 0 Å². The van der Waals surface area contributed by atoms with E-state index in [1.807, 2.05) is 0 Å². The zero-order valence-electron chi connectivity index (χ0n) is 30.4. The fourth-order valence-electron chi connectivity index (χ4n) is 9.30. The summed E-state index contributed by atoms with van der Waals surface area (Å²) < 4.78 is 0. The molecule has 2 fully saturated rings. The van der Waals surface area contributed by atoms with Crippen LogP contribution in [0.25, 0.3) is 22.3 Å². The molecule has 0 amide bonds. The van der Waals surface area contributed by atoms with Crippen LogP contribution in [0.2, 0.25) is 0 Å². The highest BCUT2D eigenvalue weighted by molar-refractivity contribution is 5.86. The van der Waals surface area contributed by atoms with Crippen molar-refractivity contribution in [2.24, 2.45) is 10.8 Å². The number of fused-ring (bicyclic) bond motifs is 3. The minimum absolute atomic E-state index is 0.0277. The maximum absolute atomic E-state index is 2.77. The molecule has 4 aromatic rings. The molecule has 0 N–H and O–H groups in total. The molecule has 0 atom stereocenters. The molecule has 3 aliphatic carbocycles. The van der Waals surface area contributed by atoms with Gasteiger partial charge in [-0.1, -0.05) is 108 Å². The van der Waals surface area contributed by atoms with Gasteiger partial charge in [-0.3, -0.25) is 0 Å². The van der Waals surface area contributed by atoms with E-state index in [9.17, 15) is 0 Å². The van der Waals surface area contributed by atoms with Crippen molar-refractivity contribution in [3.05, 3.63) is 107 Å². The van der Waals surface area contributed by atoms with Gasteiger partial charge in [-0.2, -0.15) is 0 Å². The molecule has 4 aromatic carbocycles. The normalized spacial score (nSPS) is 20.2. The molecule has 2 saturated carbocycles. The van der Waals surface area contributed by atoms with Crippen molar-refractivity contribution in [3.63, 3.8) is 0 Å². The van der Waals surface area contributed by atoms with Gasteiger partial charge in [0, 0.05) is 22.8 Å². The Bertz CT molecular complexity index is 1730. The summed E-state index contributed by atoms with van der Waals surface area (Å²) in [4.78, 5) is 2.77.